The SMILES string of the molecule is NC(=S)c1ccccc1NC(=O)C1Cc2ccccc21. The zero-order chi connectivity index (χ0) is 14.1. The van der Waals surface area contributed by atoms with Crippen LogP contribution in [0.15, 0.2) is 48.5 Å². The normalized spacial score (nSPS) is 15.9. The predicted molar refractivity (Wildman–Crippen MR) is 83.8 cm³/mol. The molecule has 3 nitrogen and oxygen atoms in total. The van der Waals surface area contributed by atoms with Crippen LogP contribution in [0.1, 0.15) is 22.6 Å². The molecular formula is C16H14N2OS. The predicted octanol–water partition coefficient (Wildman–Crippen LogP) is 2.60. The van der Waals surface area contributed by atoms with Gasteiger partial charge in [-0.15, -0.1) is 0 Å². The maximum absolute atomic E-state index is 12.3. The molecule has 100 valence electrons. The van der Waals surface area contributed by atoms with Crippen molar-refractivity contribution in [2.75, 3.05) is 5.32 Å². The van der Waals surface area contributed by atoms with E-state index >= 15 is 0 Å². The molecule has 1 atom stereocenters. The minimum Gasteiger partial charge on any atom is -0.389 e. The van der Waals surface area contributed by atoms with E-state index in [2.05, 4.69) is 11.4 Å². The monoisotopic (exact) mass is 282 g/mol. The van der Waals surface area contributed by atoms with Crippen LogP contribution in [0.25, 0.3) is 0 Å². The Hall–Kier alpha value is -2.20. The van der Waals surface area contributed by atoms with Gasteiger partial charge >= 0.3 is 0 Å². The number of rotatable bonds is 3. The minimum absolute atomic E-state index is 0.00704. The Labute approximate surface area is 122 Å². The van der Waals surface area contributed by atoms with E-state index in [4.69, 9.17) is 18.0 Å². The number of amides is 1. The molecule has 0 heterocycles. The molecule has 0 saturated carbocycles. The summed E-state index contributed by atoms with van der Waals surface area (Å²) in [6.45, 7) is 0. The second-order valence-corrected chi connectivity index (χ2v) is 5.29. The Bertz CT molecular complexity index is 696. The highest BCUT2D eigenvalue weighted by atomic mass is 32.1. The summed E-state index contributed by atoms with van der Waals surface area (Å²) >= 11 is 5.00. The molecule has 1 aliphatic carbocycles. The number of hydrogen-bond acceptors (Lipinski definition) is 2. The van der Waals surface area contributed by atoms with Crippen molar-refractivity contribution in [3.8, 4) is 0 Å². The second-order valence-electron chi connectivity index (χ2n) is 4.85. The highest BCUT2D eigenvalue weighted by molar-refractivity contribution is 7.80. The Morgan fingerprint density at radius 2 is 1.85 bits per heavy atom. The highest BCUT2D eigenvalue weighted by Gasteiger charge is 2.31. The number of para-hydroxylation sites is 1. The number of anilines is 1. The number of benzene rings is 2. The Morgan fingerprint density at radius 3 is 2.60 bits per heavy atom. The van der Waals surface area contributed by atoms with Gasteiger partial charge in [0.2, 0.25) is 5.91 Å². The molecule has 1 amide bonds. The van der Waals surface area contributed by atoms with Crippen LogP contribution in [0.3, 0.4) is 0 Å². The van der Waals surface area contributed by atoms with Crippen LogP contribution in [0, 0.1) is 0 Å². The molecule has 4 heteroatoms. The summed E-state index contributed by atoms with van der Waals surface area (Å²) in [4.78, 5) is 12.6. The van der Waals surface area contributed by atoms with Crippen molar-refractivity contribution in [2.24, 2.45) is 5.73 Å². The second kappa shape index (κ2) is 5.06. The molecule has 0 aliphatic heterocycles. The third-order valence-corrected chi connectivity index (χ3v) is 3.84. The van der Waals surface area contributed by atoms with E-state index in [9.17, 15) is 4.79 Å². The molecule has 3 N–H and O–H groups in total. The summed E-state index contributed by atoms with van der Waals surface area (Å²) < 4.78 is 0. The van der Waals surface area contributed by atoms with Crippen molar-refractivity contribution in [3.05, 3.63) is 65.2 Å². The smallest absolute Gasteiger partial charge is 0.232 e. The van der Waals surface area contributed by atoms with E-state index in [1.807, 2.05) is 42.5 Å². The highest BCUT2D eigenvalue weighted by Crippen LogP contribution is 2.35. The maximum Gasteiger partial charge on any atom is 0.232 e. The van der Waals surface area contributed by atoms with E-state index in [-0.39, 0.29) is 16.8 Å². The summed E-state index contributed by atoms with van der Waals surface area (Å²) in [5.41, 5.74) is 9.40. The quantitative estimate of drug-likeness (QED) is 0.851. The standard InChI is InChI=1S/C16H14N2OS/c17-15(20)12-7-3-4-8-14(12)18-16(19)13-9-10-5-1-2-6-11(10)13/h1-8,13H,9H2,(H2,17,20)(H,18,19). The first-order valence-electron chi connectivity index (χ1n) is 6.44. The summed E-state index contributed by atoms with van der Waals surface area (Å²) in [5, 5.41) is 2.93. The third kappa shape index (κ3) is 2.18. The molecule has 20 heavy (non-hydrogen) atoms. The van der Waals surface area contributed by atoms with Gasteiger partial charge in [0.1, 0.15) is 4.99 Å². The fourth-order valence-corrected chi connectivity index (χ4v) is 2.70. The number of carbonyl (C=O) groups is 1. The molecule has 1 unspecified atom stereocenters. The van der Waals surface area contributed by atoms with Crippen LogP contribution >= 0.6 is 12.2 Å². The van der Waals surface area contributed by atoms with Gasteiger partial charge in [-0.2, -0.15) is 0 Å². The first-order chi connectivity index (χ1) is 9.66. The Kier molecular flexibility index (Phi) is 3.24. The van der Waals surface area contributed by atoms with Gasteiger partial charge in [0.15, 0.2) is 0 Å². The molecule has 2 aromatic carbocycles. The molecular weight excluding hydrogens is 268 g/mol. The lowest BCUT2D eigenvalue weighted by atomic mass is 9.77. The van der Waals surface area contributed by atoms with Gasteiger partial charge < -0.3 is 11.1 Å². The number of hydrogen-bond donors (Lipinski definition) is 2. The fraction of sp³-hybridized carbons (Fsp3) is 0.125. The number of nitrogens with two attached hydrogens (primary N) is 1. The van der Waals surface area contributed by atoms with Crippen molar-refractivity contribution >= 4 is 28.8 Å². The van der Waals surface area contributed by atoms with E-state index in [0.717, 1.165) is 12.0 Å². The largest absolute Gasteiger partial charge is 0.389 e. The van der Waals surface area contributed by atoms with Gasteiger partial charge in [-0.05, 0) is 29.7 Å². The van der Waals surface area contributed by atoms with Crippen LogP contribution in [0.4, 0.5) is 5.69 Å². The maximum atomic E-state index is 12.3. The number of thiocarbonyl (C=S) groups is 1. The summed E-state index contributed by atoms with van der Waals surface area (Å²) in [6.07, 6.45) is 0.789. The van der Waals surface area contributed by atoms with Crippen LogP contribution in [-0.2, 0) is 11.2 Å². The molecule has 3 rings (SSSR count). The molecule has 0 bridgehead atoms. The summed E-state index contributed by atoms with van der Waals surface area (Å²) in [7, 11) is 0. The lowest BCUT2D eigenvalue weighted by Gasteiger charge is -2.29. The molecule has 0 saturated heterocycles. The zero-order valence-electron chi connectivity index (χ0n) is 10.8. The number of fused-ring (bicyclic) bond motifs is 1. The van der Waals surface area contributed by atoms with Gasteiger partial charge in [-0.1, -0.05) is 48.6 Å². The van der Waals surface area contributed by atoms with Gasteiger partial charge in [-0.3, -0.25) is 4.79 Å². The van der Waals surface area contributed by atoms with Gasteiger partial charge in [-0.25, -0.2) is 0 Å². The van der Waals surface area contributed by atoms with Crippen molar-refractivity contribution in [1.29, 1.82) is 0 Å². The average Bonchev–Trinajstić information content (AvgIpc) is 2.40. The van der Waals surface area contributed by atoms with Crippen LogP contribution in [-0.4, -0.2) is 10.9 Å². The molecule has 0 radical (unpaired) electrons. The zero-order valence-corrected chi connectivity index (χ0v) is 11.6. The molecule has 0 fully saturated rings. The van der Waals surface area contributed by atoms with Crippen molar-refractivity contribution in [1.82, 2.24) is 0 Å². The number of carbonyl (C=O) groups excluding carboxylic acids is 1. The molecule has 1 aliphatic rings. The first-order valence-corrected chi connectivity index (χ1v) is 6.85. The van der Waals surface area contributed by atoms with Crippen LogP contribution in [0.5, 0.6) is 0 Å². The van der Waals surface area contributed by atoms with Crippen LogP contribution < -0.4 is 11.1 Å². The summed E-state index contributed by atoms with van der Waals surface area (Å²) in [5.74, 6) is -0.0852. The average molecular weight is 282 g/mol. The van der Waals surface area contributed by atoms with Crippen molar-refractivity contribution in [3.63, 3.8) is 0 Å². The van der Waals surface area contributed by atoms with Crippen molar-refractivity contribution in [2.45, 2.75) is 12.3 Å². The van der Waals surface area contributed by atoms with Crippen LogP contribution in [0.2, 0.25) is 0 Å². The van der Waals surface area contributed by atoms with Gasteiger partial charge in [0, 0.05) is 5.56 Å². The van der Waals surface area contributed by atoms with E-state index < -0.39 is 0 Å². The first kappa shape index (κ1) is 12.8. The van der Waals surface area contributed by atoms with Crippen molar-refractivity contribution < 1.29 is 4.79 Å². The Morgan fingerprint density at radius 1 is 1.15 bits per heavy atom. The number of nitrogens with one attached hydrogen (secondary N) is 1. The molecule has 0 aromatic heterocycles. The summed E-state index contributed by atoms with van der Waals surface area (Å²) in [6, 6.07) is 15.3. The Balaban J connectivity index is 1.80. The lowest BCUT2D eigenvalue weighted by Crippen LogP contribution is -2.30. The molecule has 2 aromatic rings. The topological polar surface area (TPSA) is 55.1 Å². The van der Waals surface area contributed by atoms with Gasteiger partial charge in [0.05, 0.1) is 11.6 Å². The van der Waals surface area contributed by atoms with Gasteiger partial charge in [0.25, 0.3) is 0 Å². The third-order valence-electron chi connectivity index (χ3n) is 3.62. The minimum atomic E-state index is -0.0781. The van der Waals surface area contributed by atoms with E-state index in [1.54, 1.807) is 0 Å². The molecule has 0 spiro atoms. The lowest BCUT2D eigenvalue weighted by molar-refractivity contribution is -0.118. The van der Waals surface area contributed by atoms with E-state index in [0.29, 0.717) is 11.3 Å². The fourth-order valence-electron chi connectivity index (χ4n) is 2.52. The van der Waals surface area contributed by atoms with E-state index in [1.165, 1.54) is 5.56 Å².